The van der Waals surface area contributed by atoms with Gasteiger partial charge in [-0.15, -0.1) is 11.3 Å². The molecule has 0 spiro atoms. The summed E-state index contributed by atoms with van der Waals surface area (Å²) in [6.45, 7) is 3.21. The molecular weight excluding hydrogens is 270 g/mol. The highest BCUT2D eigenvalue weighted by Gasteiger charge is 2.22. The molecule has 4 nitrogen and oxygen atoms in total. The first-order chi connectivity index (χ1) is 9.74. The molecule has 2 heterocycles. The Hall–Kier alpha value is -2.01. The van der Waals surface area contributed by atoms with Gasteiger partial charge in [-0.25, -0.2) is 0 Å². The molecule has 1 aromatic carbocycles. The van der Waals surface area contributed by atoms with Crippen molar-refractivity contribution in [3.05, 3.63) is 46.7 Å². The summed E-state index contributed by atoms with van der Waals surface area (Å²) < 4.78 is 0. The zero-order valence-corrected chi connectivity index (χ0v) is 12.0. The third-order valence-corrected chi connectivity index (χ3v) is 4.39. The summed E-state index contributed by atoms with van der Waals surface area (Å²) in [7, 11) is 0. The number of thiophene rings is 1. The molecule has 2 aromatic rings. The maximum atomic E-state index is 12.3. The molecule has 1 aliphatic rings. The second-order valence-electron chi connectivity index (χ2n) is 4.85. The molecule has 1 aromatic heterocycles. The monoisotopic (exact) mass is 287 g/mol. The zero-order chi connectivity index (χ0) is 13.9. The molecule has 20 heavy (non-hydrogen) atoms. The van der Waals surface area contributed by atoms with E-state index in [0.717, 1.165) is 42.4 Å². The highest BCUT2D eigenvalue weighted by molar-refractivity contribution is 7.12. The SMILES string of the molecule is Nc1cccc(N2CCN(C(=O)c3cccs3)CC2)c1. The maximum absolute atomic E-state index is 12.3. The van der Waals surface area contributed by atoms with Gasteiger partial charge in [0.2, 0.25) is 0 Å². The van der Waals surface area contributed by atoms with E-state index in [2.05, 4.69) is 11.0 Å². The van der Waals surface area contributed by atoms with Crippen LogP contribution in [0.25, 0.3) is 0 Å². The van der Waals surface area contributed by atoms with Crippen molar-refractivity contribution in [1.29, 1.82) is 0 Å². The molecule has 0 unspecified atom stereocenters. The van der Waals surface area contributed by atoms with Crippen molar-refractivity contribution < 1.29 is 4.79 Å². The lowest BCUT2D eigenvalue weighted by atomic mass is 10.2. The second kappa shape index (κ2) is 5.54. The lowest BCUT2D eigenvalue weighted by Gasteiger charge is -2.36. The van der Waals surface area contributed by atoms with Crippen molar-refractivity contribution in [2.45, 2.75) is 0 Å². The van der Waals surface area contributed by atoms with Crippen LogP contribution in [0.15, 0.2) is 41.8 Å². The molecular formula is C15H17N3OS. The topological polar surface area (TPSA) is 49.6 Å². The van der Waals surface area contributed by atoms with E-state index in [1.54, 1.807) is 0 Å². The van der Waals surface area contributed by atoms with E-state index in [-0.39, 0.29) is 5.91 Å². The largest absolute Gasteiger partial charge is 0.399 e. The van der Waals surface area contributed by atoms with Crippen LogP contribution in [0.2, 0.25) is 0 Å². The van der Waals surface area contributed by atoms with Gasteiger partial charge in [0.15, 0.2) is 0 Å². The lowest BCUT2D eigenvalue weighted by Crippen LogP contribution is -2.48. The van der Waals surface area contributed by atoms with E-state index in [9.17, 15) is 4.79 Å². The van der Waals surface area contributed by atoms with Crippen LogP contribution in [0, 0.1) is 0 Å². The summed E-state index contributed by atoms with van der Waals surface area (Å²) in [5.41, 5.74) is 7.73. The van der Waals surface area contributed by atoms with Gasteiger partial charge in [0.05, 0.1) is 4.88 Å². The van der Waals surface area contributed by atoms with Gasteiger partial charge in [-0.3, -0.25) is 4.79 Å². The number of hydrogen-bond acceptors (Lipinski definition) is 4. The maximum Gasteiger partial charge on any atom is 0.264 e. The van der Waals surface area contributed by atoms with Gasteiger partial charge < -0.3 is 15.5 Å². The summed E-state index contributed by atoms with van der Waals surface area (Å²) in [4.78, 5) is 17.3. The standard InChI is InChI=1S/C15H17N3OS/c16-12-3-1-4-13(11-12)17-6-8-18(9-7-17)15(19)14-5-2-10-20-14/h1-5,10-11H,6-9,16H2. The van der Waals surface area contributed by atoms with Crippen LogP contribution in [0.4, 0.5) is 11.4 Å². The molecule has 1 fully saturated rings. The van der Waals surface area contributed by atoms with Crippen LogP contribution in [0.3, 0.4) is 0 Å². The van der Waals surface area contributed by atoms with E-state index in [4.69, 9.17) is 5.73 Å². The average molecular weight is 287 g/mol. The molecule has 1 amide bonds. The fourth-order valence-electron chi connectivity index (χ4n) is 2.45. The van der Waals surface area contributed by atoms with Crippen molar-refractivity contribution >= 4 is 28.6 Å². The molecule has 0 radical (unpaired) electrons. The smallest absolute Gasteiger partial charge is 0.264 e. The summed E-state index contributed by atoms with van der Waals surface area (Å²) in [5, 5.41) is 1.94. The minimum Gasteiger partial charge on any atom is -0.399 e. The van der Waals surface area contributed by atoms with Gasteiger partial charge in [-0.1, -0.05) is 12.1 Å². The van der Waals surface area contributed by atoms with Gasteiger partial charge >= 0.3 is 0 Å². The van der Waals surface area contributed by atoms with E-state index < -0.39 is 0 Å². The molecule has 5 heteroatoms. The molecule has 104 valence electrons. The summed E-state index contributed by atoms with van der Waals surface area (Å²) in [5.74, 6) is 0.146. The number of anilines is 2. The van der Waals surface area contributed by atoms with E-state index in [1.165, 1.54) is 11.3 Å². The predicted octanol–water partition coefficient (Wildman–Crippen LogP) is 2.29. The molecule has 2 N–H and O–H groups in total. The van der Waals surface area contributed by atoms with Crippen molar-refractivity contribution in [2.24, 2.45) is 0 Å². The fraction of sp³-hybridized carbons (Fsp3) is 0.267. The van der Waals surface area contributed by atoms with E-state index in [0.29, 0.717) is 0 Å². The third-order valence-electron chi connectivity index (χ3n) is 3.53. The number of carbonyl (C=O) groups is 1. The Bertz CT molecular complexity index is 589. The Morgan fingerprint density at radius 2 is 1.90 bits per heavy atom. The summed E-state index contributed by atoms with van der Waals surface area (Å²) in [6, 6.07) is 11.7. The zero-order valence-electron chi connectivity index (χ0n) is 11.2. The van der Waals surface area contributed by atoms with Crippen LogP contribution in [0.5, 0.6) is 0 Å². The van der Waals surface area contributed by atoms with Crippen molar-refractivity contribution in [1.82, 2.24) is 4.90 Å². The van der Waals surface area contributed by atoms with Gasteiger partial charge in [-0.2, -0.15) is 0 Å². The quantitative estimate of drug-likeness (QED) is 0.862. The Labute approximate surface area is 122 Å². The Morgan fingerprint density at radius 1 is 1.10 bits per heavy atom. The van der Waals surface area contributed by atoms with Gasteiger partial charge in [0.25, 0.3) is 5.91 Å². The Kier molecular flexibility index (Phi) is 3.60. The van der Waals surface area contributed by atoms with Gasteiger partial charge in [0.1, 0.15) is 0 Å². The van der Waals surface area contributed by atoms with Crippen molar-refractivity contribution in [3.63, 3.8) is 0 Å². The third kappa shape index (κ3) is 2.63. The number of rotatable bonds is 2. The van der Waals surface area contributed by atoms with E-state index in [1.807, 2.05) is 40.6 Å². The van der Waals surface area contributed by atoms with Crippen LogP contribution >= 0.6 is 11.3 Å². The van der Waals surface area contributed by atoms with Crippen LogP contribution in [-0.4, -0.2) is 37.0 Å². The molecule has 1 saturated heterocycles. The normalized spacial score (nSPS) is 15.4. The molecule has 3 rings (SSSR count). The highest BCUT2D eigenvalue weighted by Crippen LogP contribution is 2.20. The van der Waals surface area contributed by atoms with Crippen molar-refractivity contribution in [2.75, 3.05) is 36.8 Å². The summed E-state index contributed by atoms with van der Waals surface area (Å²) in [6.07, 6.45) is 0. The van der Waals surface area contributed by atoms with E-state index >= 15 is 0 Å². The second-order valence-corrected chi connectivity index (χ2v) is 5.80. The Morgan fingerprint density at radius 3 is 2.55 bits per heavy atom. The number of amides is 1. The van der Waals surface area contributed by atoms with Gasteiger partial charge in [-0.05, 0) is 29.6 Å². The molecule has 0 bridgehead atoms. The molecule has 0 saturated carbocycles. The van der Waals surface area contributed by atoms with Crippen LogP contribution in [-0.2, 0) is 0 Å². The molecule has 1 aliphatic heterocycles. The summed E-state index contributed by atoms with van der Waals surface area (Å²) >= 11 is 1.50. The van der Waals surface area contributed by atoms with Crippen molar-refractivity contribution in [3.8, 4) is 0 Å². The number of nitrogens with two attached hydrogens (primary N) is 1. The minimum atomic E-state index is 0.146. The number of carbonyl (C=O) groups excluding carboxylic acids is 1. The molecule has 0 atom stereocenters. The average Bonchev–Trinajstić information content (AvgIpc) is 3.01. The minimum absolute atomic E-state index is 0.146. The number of nitrogens with zero attached hydrogens (tertiary/aromatic N) is 2. The fourth-order valence-corrected chi connectivity index (χ4v) is 3.14. The predicted molar refractivity (Wildman–Crippen MR) is 83.3 cm³/mol. The molecule has 0 aliphatic carbocycles. The number of nitrogen functional groups attached to an aromatic ring is 1. The van der Waals surface area contributed by atoms with Crippen LogP contribution in [0.1, 0.15) is 9.67 Å². The Balaban J connectivity index is 1.64. The first-order valence-electron chi connectivity index (χ1n) is 6.67. The first kappa shape index (κ1) is 13.0. The lowest BCUT2D eigenvalue weighted by molar-refractivity contribution is 0.0751. The first-order valence-corrected chi connectivity index (χ1v) is 7.55. The number of hydrogen-bond donors (Lipinski definition) is 1. The number of piperazine rings is 1. The van der Waals surface area contributed by atoms with Crippen LogP contribution < -0.4 is 10.6 Å². The number of benzene rings is 1. The van der Waals surface area contributed by atoms with Gasteiger partial charge in [0, 0.05) is 37.6 Å². The highest BCUT2D eigenvalue weighted by atomic mass is 32.1.